The fourth-order valence-corrected chi connectivity index (χ4v) is 1.71. The molecule has 0 amide bonds. The third-order valence-electron chi connectivity index (χ3n) is 2.24. The first kappa shape index (κ1) is 10.7. The van der Waals surface area contributed by atoms with Gasteiger partial charge in [0, 0.05) is 6.42 Å². The number of allylic oxidation sites excluding steroid dienone is 2. The monoisotopic (exact) mass is 188 g/mol. The van der Waals surface area contributed by atoms with E-state index in [1.807, 2.05) is 6.08 Å². The smallest absolute Gasteiger partial charge is 0.135 e. The maximum Gasteiger partial charge on any atom is 0.135 e. The summed E-state index contributed by atoms with van der Waals surface area (Å²) in [5.41, 5.74) is 1.25. The van der Waals surface area contributed by atoms with Crippen molar-refractivity contribution in [3.05, 3.63) is 11.6 Å². The number of hydrogen-bond acceptors (Lipinski definition) is 0. The van der Waals surface area contributed by atoms with Crippen LogP contribution in [-0.4, -0.2) is 12.3 Å². The van der Waals surface area contributed by atoms with Crippen LogP contribution in [0.3, 0.4) is 0 Å². The highest BCUT2D eigenvalue weighted by atomic mass is 19.2. The molecule has 13 heavy (non-hydrogen) atoms. The Morgan fingerprint density at radius 3 is 2.38 bits per heavy atom. The van der Waals surface area contributed by atoms with Gasteiger partial charge in [-0.25, -0.2) is 8.78 Å². The fourth-order valence-electron chi connectivity index (χ4n) is 1.71. The molecule has 0 radical (unpaired) electrons. The largest absolute Gasteiger partial charge is 0.244 e. The minimum absolute atomic E-state index is 0.175. The van der Waals surface area contributed by atoms with E-state index in [2.05, 4.69) is 20.8 Å². The lowest BCUT2D eigenvalue weighted by Gasteiger charge is -2.25. The summed E-state index contributed by atoms with van der Waals surface area (Å²) in [6, 6.07) is 0. The van der Waals surface area contributed by atoms with E-state index in [-0.39, 0.29) is 11.8 Å². The molecular formula is C11H18F2. The van der Waals surface area contributed by atoms with Crippen molar-refractivity contribution < 1.29 is 8.78 Å². The van der Waals surface area contributed by atoms with Crippen LogP contribution in [0, 0.1) is 5.41 Å². The van der Waals surface area contributed by atoms with Gasteiger partial charge in [0.05, 0.1) is 0 Å². The van der Waals surface area contributed by atoms with E-state index in [9.17, 15) is 8.78 Å². The van der Waals surface area contributed by atoms with Gasteiger partial charge in [0.1, 0.15) is 12.3 Å². The third-order valence-corrected chi connectivity index (χ3v) is 2.24. The van der Waals surface area contributed by atoms with Gasteiger partial charge in [-0.3, -0.25) is 0 Å². The molecule has 0 aromatic rings. The summed E-state index contributed by atoms with van der Waals surface area (Å²) in [4.78, 5) is 0. The molecule has 1 aliphatic carbocycles. The molecule has 0 spiro atoms. The first-order chi connectivity index (χ1) is 5.88. The molecule has 0 heterocycles. The lowest BCUT2D eigenvalue weighted by atomic mass is 9.83. The van der Waals surface area contributed by atoms with Crippen LogP contribution in [0.15, 0.2) is 11.6 Å². The lowest BCUT2D eigenvalue weighted by Crippen LogP contribution is -2.22. The van der Waals surface area contributed by atoms with Crippen LogP contribution in [0.5, 0.6) is 0 Å². The van der Waals surface area contributed by atoms with E-state index in [1.165, 1.54) is 0 Å². The lowest BCUT2D eigenvalue weighted by molar-refractivity contribution is 0.156. The molecule has 0 bridgehead atoms. The second-order valence-corrected chi connectivity index (χ2v) is 5.07. The SMILES string of the molecule is CC(C)(C)CC1=CC[C@H](F)[C@H](F)C1. The predicted octanol–water partition coefficient (Wildman–Crippen LogP) is 3.82. The van der Waals surface area contributed by atoms with E-state index < -0.39 is 12.3 Å². The molecule has 0 nitrogen and oxygen atoms in total. The maximum atomic E-state index is 13.0. The van der Waals surface area contributed by atoms with Crippen molar-refractivity contribution in [2.75, 3.05) is 0 Å². The minimum Gasteiger partial charge on any atom is -0.244 e. The minimum atomic E-state index is -1.28. The Bertz CT molecular complexity index is 201. The first-order valence-electron chi connectivity index (χ1n) is 4.84. The van der Waals surface area contributed by atoms with Crippen LogP contribution in [-0.2, 0) is 0 Å². The Morgan fingerprint density at radius 2 is 1.92 bits per heavy atom. The molecule has 76 valence electrons. The first-order valence-corrected chi connectivity index (χ1v) is 4.84. The molecule has 2 heteroatoms. The molecule has 0 fully saturated rings. The van der Waals surface area contributed by atoms with Gasteiger partial charge in [-0.1, -0.05) is 32.4 Å². The van der Waals surface area contributed by atoms with Crippen LogP contribution in [0.25, 0.3) is 0 Å². The molecule has 1 rings (SSSR count). The fraction of sp³-hybridized carbons (Fsp3) is 0.818. The number of alkyl halides is 2. The summed E-state index contributed by atoms with van der Waals surface area (Å²) in [7, 11) is 0. The second kappa shape index (κ2) is 3.77. The van der Waals surface area contributed by atoms with Gasteiger partial charge in [0.15, 0.2) is 0 Å². The Balaban J connectivity index is 2.54. The molecule has 0 saturated heterocycles. The predicted molar refractivity (Wildman–Crippen MR) is 51.2 cm³/mol. The van der Waals surface area contributed by atoms with Gasteiger partial charge in [-0.2, -0.15) is 0 Å². The van der Waals surface area contributed by atoms with Crippen molar-refractivity contribution in [3.63, 3.8) is 0 Å². The summed E-state index contributed by atoms with van der Waals surface area (Å²) >= 11 is 0. The van der Waals surface area contributed by atoms with Crippen molar-refractivity contribution in [1.82, 2.24) is 0 Å². The summed E-state index contributed by atoms with van der Waals surface area (Å²) in [6.45, 7) is 6.34. The highest BCUT2D eigenvalue weighted by Crippen LogP contribution is 2.32. The van der Waals surface area contributed by atoms with Crippen molar-refractivity contribution in [2.45, 2.75) is 52.4 Å². The quantitative estimate of drug-likeness (QED) is 0.549. The number of halogens is 2. The molecule has 0 aliphatic heterocycles. The van der Waals surface area contributed by atoms with Crippen LogP contribution >= 0.6 is 0 Å². The van der Waals surface area contributed by atoms with Crippen molar-refractivity contribution in [3.8, 4) is 0 Å². The molecule has 2 atom stereocenters. The average molecular weight is 188 g/mol. The Hall–Kier alpha value is -0.400. The van der Waals surface area contributed by atoms with Crippen molar-refractivity contribution in [1.29, 1.82) is 0 Å². The van der Waals surface area contributed by atoms with E-state index in [0.29, 0.717) is 6.42 Å². The van der Waals surface area contributed by atoms with Crippen molar-refractivity contribution >= 4 is 0 Å². The molecule has 0 saturated carbocycles. The zero-order chi connectivity index (χ0) is 10.1. The van der Waals surface area contributed by atoms with Crippen LogP contribution in [0.1, 0.15) is 40.0 Å². The summed E-state index contributed by atoms with van der Waals surface area (Å²) in [5.74, 6) is 0. The van der Waals surface area contributed by atoms with Crippen LogP contribution in [0.4, 0.5) is 8.78 Å². The average Bonchev–Trinajstić information content (AvgIpc) is 1.94. The highest BCUT2D eigenvalue weighted by molar-refractivity contribution is 5.11. The van der Waals surface area contributed by atoms with Gasteiger partial charge in [-0.05, 0) is 18.3 Å². The summed E-state index contributed by atoms with van der Waals surface area (Å²) < 4.78 is 25.8. The molecule has 0 N–H and O–H groups in total. The molecule has 0 aromatic carbocycles. The van der Waals surface area contributed by atoms with Gasteiger partial charge in [0.25, 0.3) is 0 Å². The standard InChI is InChI=1S/C11H18F2/c1-11(2,3)7-8-4-5-9(12)10(13)6-8/h4,9-10H,5-7H2,1-3H3/t9-,10+/m0/s1. The van der Waals surface area contributed by atoms with E-state index in [4.69, 9.17) is 0 Å². The second-order valence-electron chi connectivity index (χ2n) is 5.07. The highest BCUT2D eigenvalue weighted by Gasteiger charge is 2.26. The maximum absolute atomic E-state index is 13.0. The van der Waals surface area contributed by atoms with Crippen molar-refractivity contribution in [2.24, 2.45) is 5.41 Å². The van der Waals surface area contributed by atoms with E-state index in [0.717, 1.165) is 12.0 Å². The zero-order valence-corrected chi connectivity index (χ0v) is 8.61. The van der Waals surface area contributed by atoms with Gasteiger partial charge < -0.3 is 0 Å². The van der Waals surface area contributed by atoms with Gasteiger partial charge >= 0.3 is 0 Å². The Kier molecular flexibility index (Phi) is 3.09. The summed E-state index contributed by atoms with van der Waals surface area (Å²) in [5, 5.41) is 0. The van der Waals surface area contributed by atoms with E-state index in [1.54, 1.807) is 0 Å². The van der Waals surface area contributed by atoms with Gasteiger partial charge in [0.2, 0.25) is 0 Å². The van der Waals surface area contributed by atoms with Crippen LogP contribution < -0.4 is 0 Å². The number of hydrogen-bond donors (Lipinski definition) is 0. The molecule has 1 aliphatic rings. The van der Waals surface area contributed by atoms with Crippen LogP contribution in [0.2, 0.25) is 0 Å². The Morgan fingerprint density at radius 1 is 1.31 bits per heavy atom. The summed E-state index contributed by atoms with van der Waals surface area (Å²) in [6.07, 6.45) is 0.739. The normalized spacial score (nSPS) is 30.1. The van der Waals surface area contributed by atoms with E-state index >= 15 is 0 Å². The zero-order valence-electron chi connectivity index (χ0n) is 8.61. The molecule has 0 aromatic heterocycles. The Labute approximate surface area is 79.0 Å². The topological polar surface area (TPSA) is 0 Å². The van der Waals surface area contributed by atoms with Gasteiger partial charge in [-0.15, -0.1) is 0 Å². The number of rotatable bonds is 1. The molecular weight excluding hydrogens is 170 g/mol. The third kappa shape index (κ3) is 3.45. The molecule has 0 unspecified atom stereocenters.